The third-order valence-corrected chi connectivity index (χ3v) is 3.82. The number of nitrogens with one attached hydrogen (secondary N) is 1. The molecule has 6 heteroatoms. The zero-order valence-electron chi connectivity index (χ0n) is 12.1. The normalized spacial score (nSPS) is 20.8. The van der Waals surface area contributed by atoms with Crippen molar-refractivity contribution in [2.45, 2.75) is 45.4 Å². The van der Waals surface area contributed by atoms with Crippen LogP contribution in [0.5, 0.6) is 0 Å². The first-order valence-electron chi connectivity index (χ1n) is 6.42. The predicted molar refractivity (Wildman–Crippen MR) is 72.7 cm³/mol. The topological polar surface area (TPSA) is 43.4 Å². The Balaban J connectivity index is 2.35. The van der Waals surface area contributed by atoms with Crippen LogP contribution in [0.1, 0.15) is 33.3 Å². The molecule has 1 saturated heterocycles. The van der Waals surface area contributed by atoms with Gasteiger partial charge < -0.3 is 14.6 Å². The van der Waals surface area contributed by atoms with Crippen LogP contribution in [0.25, 0.3) is 0 Å². The van der Waals surface area contributed by atoms with E-state index in [0.717, 1.165) is 5.56 Å². The van der Waals surface area contributed by atoms with Crippen molar-refractivity contribution in [2.24, 2.45) is 0 Å². The molecule has 0 amide bonds. The number of hydrogen-bond donors (Lipinski definition) is 1. The van der Waals surface area contributed by atoms with Crippen LogP contribution in [0.3, 0.4) is 0 Å². The fraction of sp³-hybridized carbons (Fsp3) is 0.615. The van der Waals surface area contributed by atoms with E-state index in [1.807, 2.05) is 34.7 Å². The van der Waals surface area contributed by atoms with Crippen LogP contribution >= 0.6 is 0 Å². The molecule has 0 spiro atoms. The molecular weight excluding hydrogens is 246 g/mol. The lowest BCUT2D eigenvalue weighted by molar-refractivity contribution is 0.00578. The lowest BCUT2D eigenvalue weighted by Crippen LogP contribution is -2.41. The quantitative estimate of drug-likeness (QED) is 0.660. The summed E-state index contributed by atoms with van der Waals surface area (Å²) in [6.45, 7) is 8.44. The summed E-state index contributed by atoms with van der Waals surface area (Å²) >= 11 is 0. The Labute approximate surface area is 113 Å². The molecule has 2 heterocycles. The molecule has 1 fully saturated rings. The Morgan fingerprint density at radius 1 is 1.21 bits per heavy atom. The van der Waals surface area contributed by atoms with Gasteiger partial charge in [-0.05, 0) is 46.4 Å². The highest BCUT2D eigenvalue weighted by molar-refractivity contribution is 6.61. The molecule has 1 N–H and O–H groups in total. The molecule has 1 aliphatic rings. The first-order valence-corrected chi connectivity index (χ1v) is 6.42. The van der Waals surface area contributed by atoms with Crippen molar-refractivity contribution in [2.75, 3.05) is 7.05 Å². The molecule has 1 aromatic rings. The van der Waals surface area contributed by atoms with Crippen LogP contribution < -0.4 is 10.9 Å². The maximum absolute atomic E-state index is 13.4. The zero-order chi connectivity index (χ0) is 14.3. The monoisotopic (exact) mass is 266 g/mol. The molecule has 0 aliphatic carbocycles. The Hall–Kier alpha value is -0.975. The van der Waals surface area contributed by atoms with Gasteiger partial charge in [-0.25, -0.2) is 4.98 Å². The zero-order valence-corrected chi connectivity index (χ0v) is 12.1. The fourth-order valence-corrected chi connectivity index (χ4v) is 1.98. The highest BCUT2D eigenvalue weighted by Crippen LogP contribution is 2.36. The summed E-state index contributed by atoms with van der Waals surface area (Å²) in [6.07, 6.45) is 0. The Bertz CT molecular complexity index is 464. The highest BCUT2D eigenvalue weighted by Gasteiger charge is 2.52. The molecule has 0 bridgehead atoms. The molecule has 0 saturated carbocycles. The van der Waals surface area contributed by atoms with Crippen molar-refractivity contribution in [1.82, 2.24) is 10.3 Å². The van der Waals surface area contributed by atoms with Crippen LogP contribution in [-0.4, -0.2) is 30.4 Å². The summed E-state index contributed by atoms with van der Waals surface area (Å²) in [5, 5.41) is 3.04. The average Bonchev–Trinajstić information content (AvgIpc) is 2.51. The maximum atomic E-state index is 13.4. The molecule has 0 atom stereocenters. The van der Waals surface area contributed by atoms with Gasteiger partial charge in [-0.1, -0.05) is 6.07 Å². The van der Waals surface area contributed by atoms with E-state index in [1.165, 1.54) is 6.07 Å². The molecule has 1 aliphatic heterocycles. The van der Waals surface area contributed by atoms with Crippen molar-refractivity contribution in [3.8, 4) is 0 Å². The van der Waals surface area contributed by atoms with Gasteiger partial charge in [0.25, 0.3) is 0 Å². The molecule has 2 rings (SSSR count). The van der Waals surface area contributed by atoms with E-state index in [4.69, 9.17) is 9.31 Å². The first kappa shape index (κ1) is 14.4. The average molecular weight is 266 g/mol. The predicted octanol–water partition coefficient (Wildman–Crippen LogP) is 1.24. The van der Waals surface area contributed by atoms with Gasteiger partial charge in [0.15, 0.2) is 0 Å². The summed E-state index contributed by atoms with van der Waals surface area (Å²) in [5.41, 5.74) is 0.473. The first-order chi connectivity index (χ1) is 8.77. The van der Waals surface area contributed by atoms with Crippen molar-refractivity contribution >= 4 is 12.7 Å². The third-order valence-electron chi connectivity index (χ3n) is 3.82. The molecule has 19 heavy (non-hydrogen) atoms. The molecule has 4 nitrogen and oxygen atoms in total. The van der Waals surface area contributed by atoms with Crippen LogP contribution in [0.2, 0.25) is 0 Å². The van der Waals surface area contributed by atoms with Gasteiger partial charge in [0, 0.05) is 6.54 Å². The molecule has 0 radical (unpaired) electrons. The molecule has 0 unspecified atom stereocenters. The second kappa shape index (κ2) is 4.85. The largest absolute Gasteiger partial charge is 0.514 e. The van der Waals surface area contributed by atoms with Crippen LogP contribution in [-0.2, 0) is 15.9 Å². The Kier molecular flexibility index (Phi) is 3.68. The standard InChI is InChI=1S/C13H20BFN2O2/c1-12(2)13(3,4)19-14(18-12)11-9(8-16-5)6-7-10(15)17-11/h6-7,16H,8H2,1-5H3. The number of halogens is 1. The minimum absolute atomic E-state index is 0.456. The van der Waals surface area contributed by atoms with Crippen molar-refractivity contribution < 1.29 is 13.7 Å². The van der Waals surface area contributed by atoms with Crippen molar-refractivity contribution in [3.05, 3.63) is 23.6 Å². The number of aromatic nitrogens is 1. The number of rotatable bonds is 3. The fourth-order valence-electron chi connectivity index (χ4n) is 1.98. The third kappa shape index (κ3) is 2.66. The summed E-state index contributed by atoms with van der Waals surface area (Å²) in [4.78, 5) is 3.95. The van der Waals surface area contributed by atoms with Gasteiger partial charge in [-0.15, -0.1) is 0 Å². The van der Waals surface area contributed by atoms with Gasteiger partial charge >= 0.3 is 7.12 Å². The van der Waals surface area contributed by atoms with Crippen molar-refractivity contribution in [3.63, 3.8) is 0 Å². The lowest BCUT2D eigenvalue weighted by atomic mass is 9.81. The summed E-state index contributed by atoms with van der Waals surface area (Å²) in [5.74, 6) is -0.524. The SMILES string of the molecule is CNCc1ccc(F)nc1B1OC(C)(C)C(C)(C)O1. The minimum atomic E-state index is -0.635. The van der Waals surface area contributed by atoms with E-state index in [9.17, 15) is 4.39 Å². The maximum Gasteiger partial charge on any atom is 0.514 e. The van der Waals surface area contributed by atoms with Gasteiger partial charge in [0.2, 0.25) is 5.95 Å². The van der Waals surface area contributed by atoms with Crippen LogP contribution in [0, 0.1) is 5.95 Å². The van der Waals surface area contributed by atoms with Gasteiger partial charge in [0.05, 0.1) is 16.8 Å². The van der Waals surface area contributed by atoms with Crippen molar-refractivity contribution in [1.29, 1.82) is 0 Å². The van der Waals surface area contributed by atoms with Crippen LogP contribution in [0.15, 0.2) is 12.1 Å². The number of hydrogen-bond acceptors (Lipinski definition) is 4. The second-order valence-electron chi connectivity index (χ2n) is 5.80. The van der Waals surface area contributed by atoms with Gasteiger partial charge in [0.1, 0.15) is 0 Å². The van der Waals surface area contributed by atoms with E-state index in [0.29, 0.717) is 12.1 Å². The molecule has 0 aromatic carbocycles. The molecule has 104 valence electrons. The van der Waals surface area contributed by atoms with E-state index < -0.39 is 24.3 Å². The smallest absolute Gasteiger partial charge is 0.398 e. The van der Waals surface area contributed by atoms with E-state index in [2.05, 4.69) is 10.3 Å². The number of nitrogens with zero attached hydrogens (tertiary/aromatic N) is 1. The van der Waals surface area contributed by atoms with Gasteiger partial charge in [-0.2, -0.15) is 4.39 Å². The highest BCUT2D eigenvalue weighted by atomic mass is 19.1. The Morgan fingerprint density at radius 3 is 2.32 bits per heavy atom. The van der Waals surface area contributed by atoms with E-state index in [1.54, 1.807) is 6.07 Å². The summed E-state index contributed by atoms with van der Waals surface area (Å²) in [7, 11) is 1.20. The van der Waals surface area contributed by atoms with E-state index >= 15 is 0 Å². The summed E-state index contributed by atoms with van der Waals surface area (Å²) in [6, 6.07) is 3.06. The summed E-state index contributed by atoms with van der Waals surface area (Å²) < 4.78 is 25.2. The second-order valence-corrected chi connectivity index (χ2v) is 5.80. The molecule has 1 aromatic heterocycles. The number of pyridine rings is 1. The lowest BCUT2D eigenvalue weighted by Gasteiger charge is -2.32. The van der Waals surface area contributed by atoms with Gasteiger partial charge in [-0.3, -0.25) is 0 Å². The Morgan fingerprint density at radius 2 is 1.79 bits per heavy atom. The molecular formula is C13H20BFN2O2. The van der Waals surface area contributed by atoms with E-state index in [-0.39, 0.29) is 0 Å². The van der Waals surface area contributed by atoms with Crippen LogP contribution in [0.4, 0.5) is 4.39 Å². The minimum Gasteiger partial charge on any atom is -0.398 e.